The molecule has 4 aromatic carbocycles. The number of fused-ring (bicyclic) bond motifs is 2. The number of amides is 1. The van der Waals surface area contributed by atoms with E-state index in [1.54, 1.807) is 12.1 Å². The number of nitrogens with zero attached hydrogens (tertiary/aromatic N) is 2. The molecule has 1 aliphatic rings. The molecule has 1 aliphatic heterocycles. The molecule has 172 valence electrons. The normalized spacial score (nSPS) is 15.1. The minimum Gasteiger partial charge on any atom is -0.343 e. The molecule has 3 nitrogen and oxygen atoms in total. The first-order valence-corrected chi connectivity index (χ1v) is 12.3. The van der Waals surface area contributed by atoms with Gasteiger partial charge < -0.3 is 9.47 Å². The zero-order valence-electron chi connectivity index (χ0n) is 19.1. The first kappa shape index (κ1) is 21.8. The number of halogens is 2. The maximum atomic E-state index is 13.7. The number of para-hydroxylation sites is 1. The average Bonchev–Trinajstić information content (AvgIpc) is 3.32. The van der Waals surface area contributed by atoms with Gasteiger partial charge in [0.15, 0.2) is 0 Å². The second-order valence-corrected chi connectivity index (χ2v) is 9.81. The van der Waals surface area contributed by atoms with Crippen molar-refractivity contribution in [3.8, 4) is 11.3 Å². The van der Waals surface area contributed by atoms with Crippen molar-refractivity contribution in [2.24, 2.45) is 7.05 Å². The number of rotatable bonds is 4. The number of benzene rings is 4. The third kappa shape index (κ3) is 3.58. The van der Waals surface area contributed by atoms with Gasteiger partial charge >= 0.3 is 0 Å². The molecule has 6 rings (SSSR count). The smallest absolute Gasteiger partial charge is 0.255 e. The van der Waals surface area contributed by atoms with Gasteiger partial charge in [0.25, 0.3) is 5.91 Å². The summed E-state index contributed by atoms with van der Waals surface area (Å²) in [7, 11) is 2.08. The molecular weight excluding hydrogens is 503 g/mol. The molecular formula is C30H22BrFN2O. The average molecular weight is 525 g/mol. The lowest BCUT2D eigenvalue weighted by Gasteiger charge is -2.27. The van der Waals surface area contributed by atoms with Crippen molar-refractivity contribution in [1.29, 1.82) is 0 Å². The zero-order chi connectivity index (χ0) is 24.1. The summed E-state index contributed by atoms with van der Waals surface area (Å²) in [5, 5.41) is 1.12. The van der Waals surface area contributed by atoms with Crippen LogP contribution in [0.2, 0.25) is 0 Å². The van der Waals surface area contributed by atoms with Gasteiger partial charge in [-0.25, -0.2) is 4.39 Å². The monoisotopic (exact) mass is 524 g/mol. The standard InChI is InChI=1S/C30H22BrFN2O/c1-33-26-9-5-4-8-25(26)27(28(33)20-12-14-21(31)15-13-20)29-23-6-2-3-7-24(23)30(35)34(29)18-19-10-16-22(32)17-11-19/h2-17,29H,18H2,1H3/t29-/m0/s1. The van der Waals surface area contributed by atoms with Crippen molar-refractivity contribution in [1.82, 2.24) is 9.47 Å². The van der Waals surface area contributed by atoms with Gasteiger partial charge in [-0.3, -0.25) is 4.79 Å². The van der Waals surface area contributed by atoms with Gasteiger partial charge in [0.2, 0.25) is 0 Å². The van der Waals surface area contributed by atoms with Crippen LogP contribution in [0.25, 0.3) is 22.2 Å². The second kappa shape index (κ2) is 8.51. The van der Waals surface area contributed by atoms with Crippen LogP contribution in [0.4, 0.5) is 4.39 Å². The van der Waals surface area contributed by atoms with Crippen molar-refractivity contribution in [2.75, 3.05) is 0 Å². The Hall–Kier alpha value is -3.70. The van der Waals surface area contributed by atoms with Crippen LogP contribution in [0.1, 0.15) is 33.1 Å². The molecule has 0 aliphatic carbocycles. The molecule has 1 amide bonds. The molecule has 5 heteroatoms. The first-order chi connectivity index (χ1) is 17.0. The highest BCUT2D eigenvalue weighted by Crippen LogP contribution is 2.47. The van der Waals surface area contributed by atoms with E-state index in [9.17, 15) is 9.18 Å². The lowest BCUT2D eigenvalue weighted by atomic mass is 9.93. The fourth-order valence-corrected chi connectivity index (χ4v) is 5.55. The van der Waals surface area contributed by atoms with Crippen LogP contribution in [0.5, 0.6) is 0 Å². The van der Waals surface area contributed by atoms with E-state index < -0.39 is 0 Å². The lowest BCUT2D eigenvalue weighted by molar-refractivity contribution is 0.0737. The number of aromatic nitrogens is 1. The largest absolute Gasteiger partial charge is 0.343 e. The molecule has 0 saturated heterocycles. The van der Waals surface area contributed by atoms with Crippen molar-refractivity contribution in [2.45, 2.75) is 12.6 Å². The summed E-state index contributed by atoms with van der Waals surface area (Å²) in [4.78, 5) is 15.6. The van der Waals surface area contributed by atoms with E-state index in [1.807, 2.05) is 47.4 Å². The quantitative estimate of drug-likeness (QED) is 0.239. The van der Waals surface area contributed by atoms with Gasteiger partial charge in [0, 0.05) is 40.1 Å². The Bertz CT molecular complexity index is 1570. The summed E-state index contributed by atoms with van der Waals surface area (Å²) in [6, 6.07) is 30.6. The number of carbonyl (C=O) groups is 1. The van der Waals surface area contributed by atoms with Crippen LogP contribution < -0.4 is 0 Å². The van der Waals surface area contributed by atoms with Gasteiger partial charge in [0.1, 0.15) is 5.82 Å². The van der Waals surface area contributed by atoms with E-state index >= 15 is 0 Å². The van der Waals surface area contributed by atoms with Crippen molar-refractivity contribution < 1.29 is 9.18 Å². The van der Waals surface area contributed by atoms with E-state index in [0.29, 0.717) is 12.1 Å². The van der Waals surface area contributed by atoms with E-state index in [4.69, 9.17) is 0 Å². The van der Waals surface area contributed by atoms with Crippen LogP contribution in [0.3, 0.4) is 0 Å². The van der Waals surface area contributed by atoms with Crippen molar-refractivity contribution in [3.05, 3.63) is 130 Å². The molecule has 5 aromatic rings. The Labute approximate surface area is 211 Å². The predicted octanol–water partition coefficient (Wildman–Crippen LogP) is 7.49. The maximum Gasteiger partial charge on any atom is 0.255 e. The van der Waals surface area contributed by atoms with E-state index in [1.165, 1.54) is 12.1 Å². The van der Waals surface area contributed by atoms with Crippen LogP contribution >= 0.6 is 15.9 Å². The number of hydrogen-bond acceptors (Lipinski definition) is 1. The number of hydrogen-bond donors (Lipinski definition) is 0. The molecule has 0 bridgehead atoms. The Morgan fingerprint density at radius 2 is 1.54 bits per heavy atom. The van der Waals surface area contributed by atoms with Crippen LogP contribution in [-0.2, 0) is 13.6 Å². The lowest BCUT2D eigenvalue weighted by Crippen LogP contribution is -2.28. The highest BCUT2D eigenvalue weighted by atomic mass is 79.9. The zero-order valence-corrected chi connectivity index (χ0v) is 20.7. The van der Waals surface area contributed by atoms with Crippen LogP contribution in [0.15, 0.2) is 102 Å². The summed E-state index contributed by atoms with van der Waals surface area (Å²) in [6.07, 6.45) is 0. The second-order valence-electron chi connectivity index (χ2n) is 8.89. The first-order valence-electron chi connectivity index (χ1n) is 11.5. The molecule has 0 saturated carbocycles. The van der Waals surface area contributed by atoms with Crippen LogP contribution in [0, 0.1) is 5.82 Å². The van der Waals surface area contributed by atoms with Gasteiger partial charge in [-0.15, -0.1) is 0 Å². The summed E-state index contributed by atoms with van der Waals surface area (Å²) in [5.41, 5.74) is 6.98. The molecule has 2 heterocycles. The van der Waals surface area contributed by atoms with Crippen LogP contribution in [-0.4, -0.2) is 15.4 Å². The third-order valence-corrected chi connectivity index (χ3v) is 7.39. The topological polar surface area (TPSA) is 25.2 Å². The predicted molar refractivity (Wildman–Crippen MR) is 141 cm³/mol. The van der Waals surface area contributed by atoms with Crippen molar-refractivity contribution in [3.63, 3.8) is 0 Å². The summed E-state index contributed by atoms with van der Waals surface area (Å²) in [5.74, 6) is -0.294. The maximum absolute atomic E-state index is 13.7. The van der Waals surface area contributed by atoms with Gasteiger partial charge in [-0.2, -0.15) is 0 Å². The number of aryl methyl sites for hydroxylation is 1. The van der Waals surface area contributed by atoms with Crippen molar-refractivity contribution >= 4 is 32.7 Å². The van der Waals surface area contributed by atoms with Gasteiger partial charge in [-0.1, -0.05) is 76.6 Å². The Morgan fingerprint density at radius 3 is 2.31 bits per heavy atom. The summed E-state index contributed by atoms with van der Waals surface area (Å²) >= 11 is 3.55. The summed E-state index contributed by atoms with van der Waals surface area (Å²) in [6.45, 7) is 0.390. The minimum atomic E-state index is -0.284. The highest BCUT2D eigenvalue weighted by molar-refractivity contribution is 9.10. The molecule has 0 radical (unpaired) electrons. The molecule has 35 heavy (non-hydrogen) atoms. The highest BCUT2D eigenvalue weighted by Gasteiger charge is 2.40. The SMILES string of the molecule is Cn1c(-c2ccc(Br)cc2)c([C@@H]2c3ccccc3C(=O)N2Cc2ccc(F)cc2)c2ccccc21. The fourth-order valence-electron chi connectivity index (χ4n) is 5.29. The van der Waals surface area contributed by atoms with E-state index in [2.05, 4.69) is 57.9 Å². The van der Waals surface area contributed by atoms with E-state index in [0.717, 1.165) is 43.3 Å². The Kier molecular flexibility index (Phi) is 5.30. The molecule has 0 spiro atoms. The Balaban J connectivity index is 1.61. The molecule has 0 N–H and O–H groups in total. The third-order valence-electron chi connectivity index (χ3n) is 6.86. The molecule has 1 aromatic heterocycles. The fraction of sp³-hybridized carbons (Fsp3) is 0.100. The molecule has 0 unspecified atom stereocenters. The molecule has 0 fully saturated rings. The Morgan fingerprint density at radius 1 is 0.857 bits per heavy atom. The van der Waals surface area contributed by atoms with Gasteiger partial charge in [-0.05, 0) is 53.1 Å². The molecule has 1 atom stereocenters. The summed E-state index contributed by atoms with van der Waals surface area (Å²) < 4.78 is 16.8. The van der Waals surface area contributed by atoms with Gasteiger partial charge in [0.05, 0.1) is 11.7 Å². The van der Waals surface area contributed by atoms with E-state index in [-0.39, 0.29) is 17.8 Å². The number of carbonyl (C=O) groups excluding carboxylic acids is 1. The minimum absolute atomic E-state index is 0.00962.